The predicted octanol–water partition coefficient (Wildman–Crippen LogP) is 3.81. The molecule has 9 heteroatoms. The molecule has 180 valence electrons. The molecule has 2 aromatic heterocycles. The lowest BCUT2D eigenvalue weighted by molar-refractivity contribution is 0.0946. The fraction of sp³-hybridized carbons (Fsp3) is 0.480. The molecule has 3 aromatic rings. The average Bonchev–Trinajstić information content (AvgIpc) is 3.49. The Labute approximate surface area is 197 Å². The largest absolute Gasteiger partial charge is 0.351 e. The molecule has 7 nitrogen and oxygen atoms in total. The van der Waals surface area contributed by atoms with Crippen molar-refractivity contribution in [2.75, 3.05) is 37.6 Å². The van der Waals surface area contributed by atoms with Gasteiger partial charge < -0.3 is 15.1 Å². The fourth-order valence-electron chi connectivity index (χ4n) is 5.02. The summed E-state index contributed by atoms with van der Waals surface area (Å²) in [6.45, 7) is 6.49. The molecular formula is C25H30F2N6O. The number of likely N-dealkylation sites (tertiary alicyclic amines) is 1. The molecule has 0 bridgehead atoms. The Hall–Kier alpha value is -3.07. The third-order valence-electron chi connectivity index (χ3n) is 7.05. The van der Waals surface area contributed by atoms with Crippen molar-refractivity contribution in [1.82, 2.24) is 24.8 Å². The van der Waals surface area contributed by atoms with Gasteiger partial charge >= 0.3 is 0 Å². The van der Waals surface area contributed by atoms with Crippen molar-refractivity contribution in [2.24, 2.45) is 5.92 Å². The van der Waals surface area contributed by atoms with Crippen LogP contribution in [0.3, 0.4) is 0 Å². The van der Waals surface area contributed by atoms with Gasteiger partial charge in [-0.2, -0.15) is 5.10 Å². The van der Waals surface area contributed by atoms with Crippen LogP contribution < -0.4 is 10.2 Å². The van der Waals surface area contributed by atoms with Gasteiger partial charge in [0, 0.05) is 31.4 Å². The molecule has 1 atom stereocenters. The van der Waals surface area contributed by atoms with E-state index in [2.05, 4.69) is 22.2 Å². The van der Waals surface area contributed by atoms with Crippen LogP contribution in [-0.2, 0) is 0 Å². The van der Waals surface area contributed by atoms with E-state index in [0.717, 1.165) is 38.0 Å². The molecule has 1 aromatic carbocycles. The first kappa shape index (κ1) is 22.7. The number of nitrogens with one attached hydrogen (secondary N) is 1. The monoisotopic (exact) mass is 468 g/mol. The summed E-state index contributed by atoms with van der Waals surface area (Å²) in [7, 11) is 0. The fourth-order valence-corrected chi connectivity index (χ4v) is 5.02. The smallest absolute Gasteiger partial charge is 0.256 e. The number of nitrogens with zero attached hydrogens (tertiary/aromatic N) is 5. The highest BCUT2D eigenvalue weighted by Gasteiger charge is 2.30. The van der Waals surface area contributed by atoms with Crippen LogP contribution in [0.2, 0.25) is 0 Å². The number of carbonyl (C=O) groups is 1. The zero-order chi connectivity index (χ0) is 23.7. The van der Waals surface area contributed by atoms with Crippen molar-refractivity contribution >= 4 is 17.4 Å². The first-order valence-electron chi connectivity index (χ1n) is 12.1. The number of aromatic nitrogens is 3. The molecule has 0 saturated carbocycles. The van der Waals surface area contributed by atoms with Gasteiger partial charge in [-0.15, -0.1) is 0 Å². The van der Waals surface area contributed by atoms with Crippen molar-refractivity contribution in [2.45, 2.75) is 38.6 Å². The van der Waals surface area contributed by atoms with E-state index in [9.17, 15) is 13.6 Å². The summed E-state index contributed by atoms with van der Waals surface area (Å²) >= 11 is 0. The van der Waals surface area contributed by atoms with E-state index < -0.39 is 11.6 Å². The second-order valence-electron chi connectivity index (χ2n) is 9.41. The predicted molar refractivity (Wildman–Crippen MR) is 126 cm³/mol. The molecule has 1 N–H and O–H groups in total. The van der Waals surface area contributed by atoms with Gasteiger partial charge in [-0.25, -0.2) is 18.3 Å². The van der Waals surface area contributed by atoms with Crippen LogP contribution in [0, 0.1) is 17.6 Å². The van der Waals surface area contributed by atoms with Gasteiger partial charge in [-0.3, -0.25) is 4.79 Å². The standard InChI is InChI=1S/C25H30F2N6O/c1-17-6-11-31(12-7-17)14-9-28-25(34)20-16-29-33-13-8-23(30-24(20)33)32-10-2-3-22(32)19-15-18(26)4-5-21(19)27/h4-5,8,13,15-17,22H,2-3,6-7,9-12,14H2,1H3,(H,28,34)/t22-/m1/s1. The second kappa shape index (κ2) is 9.66. The maximum Gasteiger partial charge on any atom is 0.256 e. The summed E-state index contributed by atoms with van der Waals surface area (Å²) in [5, 5.41) is 7.27. The number of fused-ring (bicyclic) bond motifs is 1. The second-order valence-corrected chi connectivity index (χ2v) is 9.41. The van der Waals surface area contributed by atoms with Crippen LogP contribution >= 0.6 is 0 Å². The molecule has 2 aliphatic heterocycles. The quantitative estimate of drug-likeness (QED) is 0.596. The number of hydrogen-bond donors (Lipinski definition) is 1. The molecule has 2 aliphatic rings. The summed E-state index contributed by atoms with van der Waals surface area (Å²) < 4.78 is 29.9. The Balaban J connectivity index is 1.31. The number of amides is 1. The number of anilines is 1. The maximum absolute atomic E-state index is 14.5. The SMILES string of the molecule is CC1CCN(CCNC(=O)c2cnn3ccc(N4CCC[C@@H]4c4cc(F)ccc4F)nc23)CC1. The summed E-state index contributed by atoms with van der Waals surface area (Å²) in [6.07, 6.45) is 7.22. The summed E-state index contributed by atoms with van der Waals surface area (Å²) in [5.41, 5.74) is 1.19. The molecule has 1 amide bonds. The van der Waals surface area contributed by atoms with Crippen LogP contribution in [0.15, 0.2) is 36.7 Å². The molecule has 2 fully saturated rings. The minimum atomic E-state index is -0.458. The van der Waals surface area contributed by atoms with Crippen LogP contribution in [-0.4, -0.2) is 58.1 Å². The Bertz CT molecular complexity index is 1170. The third-order valence-corrected chi connectivity index (χ3v) is 7.05. The number of halogens is 2. The normalized spacial score (nSPS) is 19.7. The minimum Gasteiger partial charge on any atom is -0.351 e. The van der Waals surface area contributed by atoms with E-state index in [1.54, 1.807) is 16.8 Å². The highest BCUT2D eigenvalue weighted by Crippen LogP contribution is 2.36. The first-order valence-corrected chi connectivity index (χ1v) is 12.1. The average molecular weight is 469 g/mol. The molecule has 34 heavy (non-hydrogen) atoms. The van der Waals surface area contributed by atoms with Gasteiger partial charge in [0.25, 0.3) is 5.91 Å². The number of carbonyl (C=O) groups excluding carboxylic acids is 1. The zero-order valence-corrected chi connectivity index (χ0v) is 19.4. The van der Waals surface area contributed by atoms with Gasteiger partial charge in [0.15, 0.2) is 5.65 Å². The van der Waals surface area contributed by atoms with E-state index in [1.807, 2.05) is 4.90 Å². The van der Waals surface area contributed by atoms with Gasteiger partial charge in [0.05, 0.1) is 12.2 Å². The van der Waals surface area contributed by atoms with E-state index in [0.29, 0.717) is 42.1 Å². The minimum absolute atomic E-state index is 0.209. The molecule has 0 radical (unpaired) electrons. The van der Waals surface area contributed by atoms with E-state index in [-0.39, 0.29) is 11.9 Å². The Kier molecular flexibility index (Phi) is 6.45. The van der Waals surface area contributed by atoms with Crippen LogP contribution in [0.1, 0.15) is 54.6 Å². The molecule has 0 spiro atoms. The van der Waals surface area contributed by atoms with E-state index in [4.69, 9.17) is 4.98 Å². The van der Waals surface area contributed by atoms with Gasteiger partial charge in [-0.1, -0.05) is 6.92 Å². The van der Waals surface area contributed by atoms with Crippen molar-refractivity contribution < 1.29 is 13.6 Å². The first-order chi connectivity index (χ1) is 16.5. The molecule has 5 rings (SSSR count). The van der Waals surface area contributed by atoms with Gasteiger partial charge in [0.1, 0.15) is 23.0 Å². The van der Waals surface area contributed by atoms with E-state index >= 15 is 0 Å². The molecule has 4 heterocycles. The molecular weight excluding hydrogens is 438 g/mol. The summed E-state index contributed by atoms with van der Waals surface area (Å²) in [4.78, 5) is 22.0. The lowest BCUT2D eigenvalue weighted by atomic mass is 9.99. The van der Waals surface area contributed by atoms with Crippen molar-refractivity contribution in [3.05, 3.63) is 59.4 Å². The van der Waals surface area contributed by atoms with Gasteiger partial charge in [-0.05, 0) is 69.0 Å². The highest BCUT2D eigenvalue weighted by molar-refractivity contribution is 5.99. The Morgan fingerprint density at radius 2 is 1.97 bits per heavy atom. The van der Waals surface area contributed by atoms with Crippen molar-refractivity contribution in [3.8, 4) is 0 Å². The lowest BCUT2D eigenvalue weighted by Crippen LogP contribution is -2.39. The lowest BCUT2D eigenvalue weighted by Gasteiger charge is -2.30. The topological polar surface area (TPSA) is 65.8 Å². The summed E-state index contributed by atoms with van der Waals surface area (Å²) in [5.74, 6) is 0.305. The number of benzene rings is 1. The number of rotatable bonds is 6. The van der Waals surface area contributed by atoms with Crippen LogP contribution in [0.5, 0.6) is 0 Å². The van der Waals surface area contributed by atoms with E-state index in [1.165, 1.54) is 31.2 Å². The molecule has 0 unspecified atom stereocenters. The number of hydrogen-bond acceptors (Lipinski definition) is 5. The Morgan fingerprint density at radius 1 is 1.15 bits per heavy atom. The summed E-state index contributed by atoms with van der Waals surface area (Å²) in [6, 6.07) is 5.05. The highest BCUT2D eigenvalue weighted by atomic mass is 19.1. The molecule has 2 saturated heterocycles. The zero-order valence-electron chi connectivity index (χ0n) is 19.4. The van der Waals surface area contributed by atoms with Crippen molar-refractivity contribution in [1.29, 1.82) is 0 Å². The molecule has 0 aliphatic carbocycles. The third kappa shape index (κ3) is 4.61. The van der Waals surface area contributed by atoms with Crippen LogP contribution in [0.4, 0.5) is 14.6 Å². The van der Waals surface area contributed by atoms with Crippen LogP contribution in [0.25, 0.3) is 5.65 Å². The Morgan fingerprint density at radius 3 is 2.79 bits per heavy atom. The number of piperidine rings is 1. The van der Waals surface area contributed by atoms with Gasteiger partial charge in [0.2, 0.25) is 0 Å². The maximum atomic E-state index is 14.5. The van der Waals surface area contributed by atoms with Crippen molar-refractivity contribution in [3.63, 3.8) is 0 Å².